The van der Waals surface area contributed by atoms with Crippen molar-refractivity contribution in [3.05, 3.63) is 29.8 Å². The van der Waals surface area contributed by atoms with Gasteiger partial charge in [-0.2, -0.15) is 0 Å². The summed E-state index contributed by atoms with van der Waals surface area (Å²) in [6.07, 6.45) is 0. The number of carbonyl (C=O) groups is 2. The number of fused-ring (bicyclic) bond motifs is 3. The lowest BCUT2D eigenvalue weighted by molar-refractivity contribution is -0.133. The minimum atomic E-state index is -2.29. The number of amides is 2. The Kier molecular flexibility index (Phi) is 5.39. The molecule has 1 unspecified atom stereocenters. The first-order valence-corrected chi connectivity index (χ1v) is 8.53. The van der Waals surface area contributed by atoms with Crippen molar-refractivity contribution in [2.45, 2.75) is 23.4 Å². The molecule has 1 aromatic heterocycles. The molecule has 0 fully saturated rings. The lowest BCUT2D eigenvalue weighted by Gasteiger charge is -2.49. The van der Waals surface area contributed by atoms with E-state index in [0.29, 0.717) is 10.3 Å². The molecular formula is C16H11B6FN2O4. The van der Waals surface area contributed by atoms with Crippen LogP contribution in [0.2, 0.25) is 0 Å². The van der Waals surface area contributed by atoms with Crippen LogP contribution in [0.15, 0.2) is 22.6 Å². The van der Waals surface area contributed by atoms with Gasteiger partial charge in [-0.1, -0.05) is 10.5 Å². The molecule has 13 heteroatoms. The van der Waals surface area contributed by atoms with Gasteiger partial charge in [0.25, 0.3) is 5.91 Å². The first kappa shape index (κ1) is 21.5. The normalized spacial score (nSPS) is 17.5. The molecule has 0 bridgehead atoms. The van der Waals surface area contributed by atoms with Gasteiger partial charge < -0.3 is 19.0 Å². The topological polar surface area (TPSA) is 63.0 Å². The highest BCUT2D eigenvalue weighted by atomic mass is 19.1. The number of carbonyl (C=O) groups excluding carboxylic acids is 2. The Morgan fingerprint density at radius 1 is 1.24 bits per heavy atom. The number of hydrogen-bond donors (Lipinski definition) is 0. The largest absolute Gasteiger partial charge is 0.487 e. The zero-order chi connectivity index (χ0) is 21.7. The molecule has 2 heterocycles. The average Bonchev–Trinajstić information content (AvgIpc) is 2.86. The summed E-state index contributed by atoms with van der Waals surface area (Å²) in [7, 11) is 33.3. The fourth-order valence-electron chi connectivity index (χ4n) is 3.17. The van der Waals surface area contributed by atoms with E-state index >= 15 is 0 Å². The van der Waals surface area contributed by atoms with E-state index < -0.39 is 40.7 Å². The maximum absolute atomic E-state index is 13.6. The summed E-state index contributed by atoms with van der Waals surface area (Å²) in [6.45, 7) is 1.05. The van der Waals surface area contributed by atoms with Gasteiger partial charge in [-0.3, -0.25) is 9.59 Å². The molecule has 1 aliphatic heterocycles. The number of rotatable bonds is 4. The molecule has 0 spiro atoms. The van der Waals surface area contributed by atoms with Gasteiger partial charge in [-0.25, -0.2) is 4.39 Å². The third-order valence-electron chi connectivity index (χ3n) is 4.39. The maximum Gasteiger partial charge on any atom is 0.294 e. The molecule has 0 saturated heterocycles. The van der Waals surface area contributed by atoms with Gasteiger partial charge in [0.2, 0.25) is 11.7 Å². The van der Waals surface area contributed by atoms with Crippen molar-refractivity contribution in [1.29, 1.82) is 0 Å². The van der Waals surface area contributed by atoms with Gasteiger partial charge in [-0.05, 0) is 25.1 Å². The fraction of sp³-hybridized carbons (Fsp3) is 0.375. The van der Waals surface area contributed by atoms with Crippen LogP contribution in [0.25, 0.3) is 11.0 Å². The summed E-state index contributed by atoms with van der Waals surface area (Å²) >= 11 is 0. The molecule has 1 aromatic carbocycles. The van der Waals surface area contributed by atoms with Gasteiger partial charge in [0.05, 0.1) is 58.5 Å². The van der Waals surface area contributed by atoms with Gasteiger partial charge in [0, 0.05) is 0 Å². The highest BCUT2D eigenvalue weighted by Gasteiger charge is 2.38. The number of furan rings is 1. The minimum Gasteiger partial charge on any atom is -0.487 e. The van der Waals surface area contributed by atoms with Crippen LogP contribution in [-0.2, 0) is 4.79 Å². The second-order valence-corrected chi connectivity index (χ2v) is 7.00. The van der Waals surface area contributed by atoms with Gasteiger partial charge in [-0.15, -0.1) is 0 Å². The first-order valence-electron chi connectivity index (χ1n) is 8.53. The van der Waals surface area contributed by atoms with Crippen molar-refractivity contribution < 1.29 is 23.1 Å². The van der Waals surface area contributed by atoms with Crippen molar-refractivity contribution in [1.82, 2.24) is 9.80 Å². The van der Waals surface area contributed by atoms with E-state index in [-0.39, 0.29) is 23.7 Å². The van der Waals surface area contributed by atoms with Gasteiger partial charge >= 0.3 is 0 Å². The number of halogens is 1. The number of nitrogens with zero attached hydrogens (tertiary/aromatic N) is 2. The zero-order valence-electron chi connectivity index (χ0n) is 15.6. The van der Waals surface area contributed by atoms with Crippen LogP contribution in [-0.4, -0.2) is 98.4 Å². The van der Waals surface area contributed by atoms with E-state index in [1.54, 1.807) is 6.92 Å². The van der Waals surface area contributed by atoms with Crippen LogP contribution in [0.4, 0.5) is 4.39 Å². The quantitative estimate of drug-likeness (QED) is 0.631. The van der Waals surface area contributed by atoms with E-state index in [1.165, 1.54) is 18.2 Å². The zero-order valence-corrected chi connectivity index (χ0v) is 15.6. The smallest absolute Gasteiger partial charge is 0.294 e. The van der Waals surface area contributed by atoms with Crippen molar-refractivity contribution in [3.63, 3.8) is 0 Å². The fourth-order valence-corrected chi connectivity index (χ4v) is 3.17. The van der Waals surface area contributed by atoms with Crippen LogP contribution in [0.5, 0.6) is 5.75 Å². The van der Waals surface area contributed by atoms with E-state index in [1.807, 2.05) is 0 Å². The third kappa shape index (κ3) is 4.09. The summed E-state index contributed by atoms with van der Waals surface area (Å²) in [6, 6.07) is 3.15. The Morgan fingerprint density at radius 3 is 2.45 bits per heavy atom. The second kappa shape index (κ2) is 7.26. The molecular weight excluding hydrogens is 368 g/mol. The molecule has 3 rings (SSSR count). The average molecular weight is 379 g/mol. The Hall–Kier alpha value is -2.18. The molecule has 1 aliphatic rings. The Bertz CT molecular complexity index is 957. The second-order valence-electron chi connectivity index (χ2n) is 7.00. The Morgan fingerprint density at radius 2 is 1.86 bits per heavy atom. The third-order valence-corrected chi connectivity index (χ3v) is 4.39. The molecule has 6 nitrogen and oxygen atoms in total. The summed E-state index contributed by atoms with van der Waals surface area (Å²) in [5.74, 6) is -2.21. The molecule has 2 amide bonds. The summed E-state index contributed by atoms with van der Waals surface area (Å²) in [4.78, 5) is 27.4. The molecule has 12 radical (unpaired) electrons. The highest BCUT2D eigenvalue weighted by Crippen LogP contribution is 2.36. The Balaban J connectivity index is 1.97. The number of hydrogen-bond acceptors (Lipinski definition) is 4. The maximum atomic E-state index is 13.6. The van der Waals surface area contributed by atoms with Crippen molar-refractivity contribution >= 4 is 69.9 Å². The van der Waals surface area contributed by atoms with Crippen LogP contribution in [0.3, 0.4) is 0 Å². The molecule has 0 aliphatic carbocycles. The summed E-state index contributed by atoms with van der Waals surface area (Å²) < 4.78 is 24.8. The standard InChI is InChI=1S/C16H11B6FN2O4/c1-7-6-28-12-9-4-8(23)2-3-10(9)29-13(12)14(27)24(7)5-11(26)25(15(17,18)19)16(20,21)22/h2-4,7H,5-6H2,1H3. The first-order chi connectivity index (χ1) is 13.3. The Labute approximate surface area is 175 Å². The van der Waals surface area contributed by atoms with Crippen LogP contribution in [0.1, 0.15) is 17.5 Å². The van der Waals surface area contributed by atoms with Crippen LogP contribution < -0.4 is 4.74 Å². The van der Waals surface area contributed by atoms with Crippen LogP contribution >= 0.6 is 0 Å². The molecule has 2 aromatic rings. The SMILES string of the molecule is [B]C([B])([B])N(C(=O)CN1C(=O)c2oc3ccc(F)cc3c2OCC1C)C([B])([B])[B]. The molecule has 134 valence electrons. The van der Waals surface area contributed by atoms with Gasteiger partial charge in [0.15, 0.2) is 5.75 Å². The number of ether oxygens (including phenoxy) is 1. The minimum absolute atomic E-state index is 0.00476. The van der Waals surface area contributed by atoms with Crippen molar-refractivity contribution in [2.24, 2.45) is 0 Å². The predicted octanol–water partition coefficient (Wildman–Crippen LogP) is -1.14. The summed E-state index contributed by atoms with van der Waals surface area (Å²) in [5, 5.41) is -4.27. The lowest BCUT2D eigenvalue weighted by atomic mass is 9.40. The van der Waals surface area contributed by atoms with E-state index in [9.17, 15) is 14.0 Å². The molecule has 29 heavy (non-hydrogen) atoms. The van der Waals surface area contributed by atoms with Crippen molar-refractivity contribution in [3.8, 4) is 5.75 Å². The van der Waals surface area contributed by atoms with E-state index in [2.05, 4.69) is 0 Å². The van der Waals surface area contributed by atoms with E-state index in [4.69, 9.17) is 56.2 Å². The molecule has 0 saturated carbocycles. The van der Waals surface area contributed by atoms with Gasteiger partial charge in [0.1, 0.15) is 24.6 Å². The predicted molar refractivity (Wildman–Crippen MR) is 109 cm³/mol. The highest BCUT2D eigenvalue weighted by molar-refractivity contribution is 6.64. The monoisotopic (exact) mass is 380 g/mol. The lowest BCUT2D eigenvalue weighted by Crippen LogP contribution is -2.67. The van der Waals surface area contributed by atoms with E-state index in [0.717, 1.165) is 4.90 Å². The van der Waals surface area contributed by atoms with Crippen LogP contribution in [0, 0.1) is 5.82 Å². The molecule has 1 atom stereocenters. The molecule has 0 N–H and O–H groups in total. The van der Waals surface area contributed by atoms with Crippen molar-refractivity contribution in [2.75, 3.05) is 13.2 Å². The summed E-state index contributed by atoms with van der Waals surface area (Å²) in [5.41, 5.74) is 0.252. The number of benzene rings is 1.